The first kappa shape index (κ1) is 15.3. The molecule has 1 heterocycles. The molecular formula is C14H17Cl2N3O. The summed E-state index contributed by atoms with van der Waals surface area (Å²) in [5.74, 6) is 0. The molecule has 6 heteroatoms. The van der Waals surface area contributed by atoms with Crippen molar-refractivity contribution in [2.24, 2.45) is 0 Å². The molecule has 108 valence electrons. The lowest BCUT2D eigenvalue weighted by Gasteiger charge is -2.24. The molecule has 0 saturated heterocycles. The third-order valence-electron chi connectivity index (χ3n) is 3.22. The molecule has 1 aromatic carbocycles. The van der Waals surface area contributed by atoms with E-state index in [1.165, 1.54) is 6.33 Å². The second-order valence-electron chi connectivity index (χ2n) is 4.70. The van der Waals surface area contributed by atoms with Crippen LogP contribution in [0.5, 0.6) is 0 Å². The van der Waals surface area contributed by atoms with Crippen molar-refractivity contribution in [3.05, 3.63) is 46.5 Å². The molecule has 1 aromatic heterocycles. The van der Waals surface area contributed by atoms with Gasteiger partial charge in [-0.25, -0.2) is 9.67 Å². The van der Waals surface area contributed by atoms with Crippen molar-refractivity contribution >= 4 is 23.2 Å². The summed E-state index contributed by atoms with van der Waals surface area (Å²) >= 11 is 12.2. The normalized spacial score (nSPS) is 14.2. The monoisotopic (exact) mass is 313 g/mol. The van der Waals surface area contributed by atoms with Crippen LogP contribution in [0.25, 0.3) is 0 Å². The highest BCUT2D eigenvalue weighted by Gasteiger charge is 2.25. The van der Waals surface area contributed by atoms with Gasteiger partial charge in [-0.05, 0) is 24.1 Å². The Morgan fingerprint density at radius 3 is 2.75 bits per heavy atom. The summed E-state index contributed by atoms with van der Waals surface area (Å²) in [7, 11) is 0. The Morgan fingerprint density at radius 2 is 2.15 bits per heavy atom. The summed E-state index contributed by atoms with van der Waals surface area (Å²) in [5.41, 5.74) is 0.796. The third-order valence-corrected chi connectivity index (χ3v) is 3.78. The number of hydrogen-bond acceptors (Lipinski definition) is 3. The maximum Gasteiger partial charge on any atom is 0.137 e. The maximum absolute atomic E-state index is 10.5. The fourth-order valence-corrected chi connectivity index (χ4v) is 2.72. The van der Waals surface area contributed by atoms with Crippen LogP contribution in [-0.4, -0.2) is 26.0 Å². The van der Waals surface area contributed by atoms with Crippen molar-refractivity contribution in [2.75, 3.05) is 0 Å². The van der Waals surface area contributed by atoms with Crippen molar-refractivity contribution in [3.8, 4) is 0 Å². The highest BCUT2D eigenvalue weighted by atomic mass is 35.5. The predicted molar refractivity (Wildman–Crippen MR) is 80.2 cm³/mol. The molecule has 0 radical (unpaired) electrons. The van der Waals surface area contributed by atoms with Gasteiger partial charge in [0.2, 0.25) is 0 Å². The SMILES string of the molecule is CCCCC(O)C(c1ccc(Cl)cc1Cl)n1cncn1. The van der Waals surface area contributed by atoms with Gasteiger partial charge in [0.25, 0.3) is 0 Å². The molecule has 1 N–H and O–H groups in total. The number of unbranched alkanes of at least 4 members (excludes halogenated alkanes) is 1. The van der Waals surface area contributed by atoms with Crippen LogP contribution in [0.3, 0.4) is 0 Å². The van der Waals surface area contributed by atoms with Gasteiger partial charge >= 0.3 is 0 Å². The maximum atomic E-state index is 10.5. The number of aromatic nitrogens is 3. The lowest BCUT2D eigenvalue weighted by Crippen LogP contribution is -2.26. The van der Waals surface area contributed by atoms with Gasteiger partial charge in [0.1, 0.15) is 18.7 Å². The molecule has 2 unspecified atom stereocenters. The van der Waals surface area contributed by atoms with Crippen LogP contribution in [0.1, 0.15) is 37.8 Å². The first-order valence-electron chi connectivity index (χ1n) is 6.60. The minimum Gasteiger partial charge on any atom is -0.391 e. The fourth-order valence-electron chi connectivity index (χ4n) is 2.20. The van der Waals surface area contributed by atoms with Gasteiger partial charge in [-0.2, -0.15) is 5.10 Å². The van der Waals surface area contributed by atoms with Crippen molar-refractivity contribution in [1.29, 1.82) is 0 Å². The Hall–Kier alpha value is -1.10. The molecule has 2 aromatic rings. The molecule has 0 fully saturated rings. The first-order valence-corrected chi connectivity index (χ1v) is 7.36. The average molecular weight is 314 g/mol. The highest BCUT2D eigenvalue weighted by molar-refractivity contribution is 6.35. The van der Waals surface area contributed by atoms with Gasteiger partial charge in [-0.3, -0.25) is 0 Å². The zero-order chi connectivity index (χ0) is 14.5. The van der Waals surface area contributed by atoms with Crippen LogP contribution in [0.4, 0.5) is 0 Å². The topological polar surface area (TPSA) is 50.9 Å². The fraction of sp³-hybridized carbons (Fsp3) is 0.429. The molecule has 20 heavy (non-hydrogen) atoms. The van der Waals surface area contributed by atoms with Crippen molar-refractivity contribution in [1.82, 2.24) is 14.8 Å². The summed E-state index contributed by atoms with van der Waals surface area (Å²) in [6.45, 7) is 2.09. The number of halogens is 2. The molecule has 0 bridgehead atoms. The summed E-state index contributed by atoms with van der Waals surface area (Å²) in [6.07, 6.45) is 5.11. The predicted octanol–water partition coefficient (Wildman–Crippen LogP) is 3.73. The second-order valence-corrected chi connectivity index (χ2v) is 5.54. The van der Waals surface area contributed by atoms with Crippen LogP contribution < -0.4 is 0 Å². The van der Waals surface area contributed by atoms with E-state index in [4.69, 9.17) is 23.2 Å². The summed E-state index contributed by atoms with van der Waals surface area (Å²) in [4.78, 5) is 3.95. The first-order chi connectivity index (χ1) is 9.63. The van der Waals surface area contributed by atoms with Crippen LogP contribution in [-0.2, 0) is 0 Å². The average Bonchev–Trinajstić information content (AvgIpc) is 2.93. The number of rotatable bonds is 6. The standard InChI is InChI=1S/C14H17Cl2N3O/c1-2-3-4-13(20)14(19-9-17-8-18-19)11-6-5-10(15)7-12(11)16/h5-9,13-14,20H,2-4H2,1H3. The summed E-state index contributed by atoms with van der Waals surface area (Å²) < 4.78 is 1.63. The Balaban J connectivity index is 2.36. The van der Waals surface area contributed by atoms with E-state index >= 15 is 0 Å². The molecule has 0 aliphatic heterocycles. The zero-order valence-electron chi connectivity index (χ0n) is 11.2. The van der Waals surface area contributed by atoms with Crippen LogP contribution in [0.2, 0.25) is 10.0 Å². The lowest BCUT2D eigenvalue weighted by atomic mass is 9.97. The van der Waals surface area contributed by atoms with Gasteiger partial charge in [0, 0.05) is 10.0 Å². The van der Waals surface area contributed by atoms with E-state index in [1.54, 1.807) is 23.1 Å². The van der Waals surface area contributed by atoms with Gasteiger partial charge in [0.15, 0.2) is 0 Å². The molecule has 2 rings (SSSR count). The van der Waals surface area contributed by atoms with E-state index in [9.17, 15) is 5.11 Å². The minimum absolute atomic E-state index is 0.353. The largest absolute Gasteiger partial charge is 0.391 e. The summed E-state index contributed by atoms with van der Waals surface area (Å²) in [5, 5.41) is 15.7. The molecule has 0 aliphatic rings. The van der Waals surface area contributed by atoms with Crippen molar-refractivity contribution < 1.29 is 5.11 Å². The van der Waals surface area contributed by atoms with Crippen LogP contribution in [0.15, 0.2) is 30.9 Å². The second kappa shape index (κ2) is 7.07. The molecule has 0 amide bonds. The van der Waals surface area contributed by atoms with E-state index in [-0.39, 0.29) is 6.04 Å². The Labute approximate surface area is 128 Å². The van der Waals surface area contributed by atoms with E-state index in [0.717, 1.165) is 18.4 Å². The molecular weight excluding hydrogens is 297 g/mol. The summed E-state index contributed by atoms with van der Waals surface area (Å²) in [6, 6.07) is 4.91. The molecule has 0 aliphatic carbocycles. The van der Waals surface area contributed by atoms with Gasteiger partial charge in [0.05, 0.1) is 6.10 Å². The van der Waals surface area contributed by atoms with E-state index in [2.05, 4.69) is 17.0 Å². The number of nitrogens with zero attached hydrogens (tertiary/aromatic N) is 3. The number of aliphatic hydroxyl groups excluding tert-OH is 1. The van der Waals surface area contributed by atoms with E-state index in [1.807, 2.05) is 6.07 Å². The Bertz CT molecular complexity index is 545. The quantitative estimate of drug-likeness (QED) is 0.884. The zero-order valence-corrected chi connectivity index (χ0v) is 12.7. The van der Waals surface area contributed by atoms with E-state index < -0.39 is 6.10 Å². The smallest absolute Gasteiger partial charge is 0.137 e. The Kier molecular flexibility index (Phi) is 5.40. The number of hydrogen-bond donors (Lipinski definition) is 1. The van der Waals surface area contributed by atoms with Gasteiger partial charge in [-0.1, -0.05) is 49.0 Å². The van der Waals surface area contributed by atoms with E-state index in [0.29, 0.717) is 16.5 Å². The number of aliphatic hydroxyl groups is 1. The van der Waals surface area contributed by atoms with Crippen LogP contribution >= 0.6 is 23.2 Å². The highest BCUT2D eigenvalue weighted by Crippen LogP contribution is 2.31. The lowest BCUT2D eigenvalue weighted by molar-refractivity contribution is 0.113. The van der Waals surface area contributed by atoms with Gasteiger partial charge in [-0.15, -0.1) is 0 Å². The molecule has 0 spiro atoms. The molecule has 2 atom stereocenters. The van der Waals surface area contributed by atoms with Crippen LogP contribution in [0, 0.1) is 0 Å². The molecule has 0 saturated carbocycles. The van der Waals surface area contributed by atoms with Gasteiger partial charge < -0.3 is 5.11 Å². The Morgan fingerprint density at radius 1 is 1.35 bits per heavy atom. The molecule has 4 nitrogen and oxygen atoms in total. The minimum atomic E-state index is -0.574. The third kappa shape index (κ3) is 3.51. The van der Waals surface area contributed by atoms with Crippen molar-refractivity contribution in [3.63, 3.8) is 0 Å². The van der Waals surface area contributed by atoms with Crippen molar-refractivity contribution in [2.45, 2.75) is 38.3 Å². The number of benzene rings is 1.